The van der Waals surface area contributed by atoms with Crippen LogP contribution in [0.2, 0.25) is 0 Å². The van der Waals surface area contributed by atoms with Crippen molar-refractivity contribution in [3.63, 3.8) is 0 Å². The number of carboxylic acids is 1. The number of hydrogen-bond donors (Lipinski definition) is 3. The molecule has 0 radical (unpaired) electrons. The van der Waals surface area contributed by atoms with Crippen molar-refractivity contribution in [3.05, 3.63) is 35.9 Å². The van der Waals surface area contributed by atoms with E-state index in [2.05, 4.69) is 0 Å². The van der Waals surface area contributed by atoms with Gasteiger partial charge in [0.25, 0.3) is 5.92 Å². The number of rotatable bonds is 7. The van der Waals surface area contributed by atoms with Crippen molar-refractivity contribution in [1.29, 1.82) is 0 Å². The Kier molecular flexibility index (Phi) is 5.37. The lowest BCUT2D eigenvalue weighted by Crippen LogP contribution is -2.43. The molecule has 116 valence electrons. The van der Waals surface area contributed by atoms with Crippen LogP contribution >= 0.6 is 0 Å². The first-order valence-corrected chi connectivity index (χ1v) is 6.25. The first-order valence-electron chi connectivity index (χ1n) is 6.25. The smallest absolute Gasteiger partial charge is 0.314 e. The summed E-state index contributed by atoms with van der Waals surface area (Å²) in [5.41, 5.74) is -1.11. The molecule has 0 aliphatic carbocycles. The molecule has 1 atom stereocenters. The third-order valence-corrected chi connectivity index (χ3v) is 3.17. The zero-order chi connectivity index (χ0) is 16.1. The van der Waals surface area contributed by atoms with E-state index in [0.717, 1.165) is 0 Å². The number of carbonyl (C=O) groups excluding carboxylic acids is 1. The van der Waals surface area contributed by atoms with Gasteiger partial charge >= 0.3 is 5.97 Å². The van der Waals surface area contributed by atoms with E-state index >= 15 is 0 Å². The topological polar surface area (TPSA) is 86.6 Å². The average Bonchev–Trinajstić information content (AvgIpc) is 2.46. The lowest BCUT2D eigenvalue weighted by molar-refractivity contribution is -0.145. The zero-order valence-electron chi connectivity index (χ0n) is 11.5. The quantitative estimate of drug-likeness (QED) is 0.705. The molecule has 0 bridgehead atoms. The molecule has 1 rings (SSSR count). The molecule has 0 aliphatic rings. The van der Waals surface area contributed by atoms with E-state index in [-0.39, 0.29) is 0 Å². The van der Waals surface area contributed by atoms with E-state index in [9.17, 15) is 23.5 Å². The monoisotopic (exact) mass is 301 g/mol. The van der Waals surface area contributed by atoms with Crippen LogP contribution in [0.4, 0.5) is 8.78 Å². The molecule has 0 spiro atoms. The van der Waals surface area contributed by atoms with Crippen molar-refractivity contribution in [3.8, 4) is 0 Å². The Morgan fingerprint density at radius 2 is 1.81 bits per heavy atom. The summed E-state index contributed by atoms with van der Waals surface area (Å²) in [7, 11) is 0. The summed E-state index contributed by atoms with van der Waals surface area (Å²) in [6, 6.07) is 8.09. The van der Waals surface area contributed by atoms with Gasteiger partial charge in [0, 0.05) is 6.42 Å². The lowest BCUT2D eigenvalue weighted by Gasteiger charge is -2.25. The van der Waals surface area contributed by atoms with Crippen LogP contribution in [-0.2, 0) is 15.0 Å². The summed E-state index contributed by atoms with van der Waals surface area (Å²) in [6.45, 7) is -1.07. The SMILES string of the molecule is CC(CC(=O)NCC(F)(F)CO)(C(=O)O)c1ccccc1. The van der Waals surface area contributed by atoms with Gasteiger partial charge in [-0.1, -0.05) is 30.3 Å². The Balaban J connectivity index is 2.81. The summed E-state index contributed by atoms with van der Waals surface area (Å²) < 4.78 is 25.7. The van der Waals surface area contributed by atoms with Gasteiger partial charge in [-0.15, -0.1) is 0 Å². The van der Waals surface area contributed by atoms with Gasteiger partial charge in [-0.2, -0.15) is 0 Å². The highest BCUT2D eigenvalue weighted by Crippen LogP contribution is 2.28. The summed E-state index contributed by atoms with van der Waals surface area (Å²) in [6.07, 6.45) is -0.478. The number of halogens is 2. The molecule has 1 aromatic carbocycles. The number of amides is 1. The average molecular weight is 301 g/mol. The third-order valence-electron chi connectivity index (χ3n) is 3.17. The number of hydrogen-bond acceptors (Lipinski definition) is 3. The van der Waals surface area contributed by atoms with Gasteiger partial charge < -0.3 is 15.5 Å². The predicted octanol–water partition coefficient (Wildman–Crippen LogP) is 1.16. The van der Waals surface area contributed by atoms with Crippen LogP contribution in [0.3, 0.4) is 0 Å². The van der Waals surface area contributed by atoms with Crippen LogP contribution in [0, 0.1) is 0 Å². The molecule has 0 aromatic heterocycles. The minimum atomic E-state index is -3.43. The summed E-state index contributed by atoms with van der Waals surface area (Å²) in [5, 5.41) is 19.7. The highest BCUT2D eigenvalue weighted by Gasteiger charge is 2.38. The van der Waals surface area contributed by atoms with Crippen LogP contribution in [0.15, 0.2) is 30.3 Å². The van der Waals surface area contributed by atoms with Crippen molar-refractivity contribution < 1.29 is 28.6 Å². The van der Waals surface area contributed by atoms with E-state index in [1.54, 1.807) is 30.3 Å². The maximum atomic E-state index is 12.8. The Morgan fingerprint density at radius 3 is 2.29 bits per heavy atom. The van der Waals surface area contributed by atoms with Gasteiger partial charge in [0.1, 0.15) is 6.61 Å². The Hall–Kier alpha value is -2.02. The van der Waals surface area contributed by atoms with Gasteiger partial charge in [0.15, 0.2) is 0 Å². The molecule has 0 saturated heterocycles. The largest absolute Gasteiger partial charge is 0.481 e. The van der Waals surface area contributed by atoms with E-state index in [1.165, 1.54) is 6.92 Å². The zero-order valence-corrected chi connectivity index (χ0v) is 11.5. The fourth-order valence-electron chi connectivity index (χ4n) is 1.77. The second kappa shape index (κ2) is 6.62. The van der Waals surface area contributed by atoms with Gasteiger partial charge in [0.05, 0.1) is 12.0 Å². The second-order valence-electron chi connectivity index (χ2n) is 4.97. The highest BCUT2D eigenvalue weighted by atomic mass is 19.3. The minimum Gasteiger partial charge on any atom is -0.481 e. The fourth-order valence-corrected chi connectivity index (χ4v) is 1.77. The molecule has 1 unspecified atom stereocenters. The molecule has 0 fully saturated rings. The lowest BCUT2D eigenvalue weighted by atomic mass is 9.79. The molecule has 0 heterocycles. The summed E-state index contributed by atoms with van der Waals surface area (Å²) in [4.78, 5) is 23.2. The van der Waals surface area contributed by atoms with Crippen molar-refractivity contribution in [2.45, 2.75) is 24.7 Å². The third kappa shape index (κ3) is 4.49. The second-order valence-corrected chi connectivity index (χ2v) is 4.97. The molecule has 0 aliphatic heterocycles. The van der Waals surface area contributed by atoms with Crippen molar-refractivity contribution in [2.75, 3.05) is 13.2 Å². The molecular weight excluding hydrogens is 284 g/mol. The number of carboxylic acid groups (broad SMARTS) is 1. The van der Waals surface area contributed by atoms with Crippen molar-refractivity contribution >= 4 is 11.9 Å². The van der Waals surface area contributed by atoms with Gasteiger partial charge in [-0.25, -0.2) is 8.78 Å². The number of alkyl halides is 2. The molecule has 3 N–H and O–H groups in total. The number of aliphatic hydroxyl groups is 1. The molecule has 1 amide bonds. The summed E-state index contributed by atoms with van der Waals surface area (Å²) in [5.74, 6) is -5.48. The van der Waals surface area contributed by atoms with E-state index in [0.29, 0.717) is 5.56 Å². The van der Waals surface area contributed by atoms with Crippen molar-refractivity contribution in [1.82, 2.24) is 5.32 Å². The van der Waals surface area contributed by atoms with Gasteiger partial charge in [0.2, 0.25) is 5.91 Å². The standard InChI is InChI=1S/C14H17F2NO4/c1-13(12(20)21,10-5-3-2-4-6-10)7-11(19)17-8-14(15,16)9-18/h2-6,18H,7-9H2,1H3,(H,17,19)(H,20,21). The molecule has 21 heavy (non-hydrogen) atoms. The highest BCUT2D eigenvalue weighted by molar-refractivity contribution is 5.89. The van der Waals surface area contributed by atoms with E-state index in [4.69, 9.17) is 5.11 Å². The van der Waals surface area contributed by atoms with E-state index in [1.807, 2.05) is 5.32 Å². The van der Waals surface area contributed by atoms with Gasteiger partial charge in [-0.3, -0.25) is 9.59 Å². The van der Waals surface area contributed by atoms with Crippen LogP contribution in [0.5, 0.6) is 0 Å². The number of aliphatic carboxylic acids is 1. The first kappa shape index (κ1) is 17.0. The maximum absolute atomic E-state index is 12.8. The first-order chi connectivity index (χ1) is 9.71. The Bertz CT molecular complexity index is 507. The number of aliphatic hydroxyl groups excluding tert-OH is 1. The summed E-state index contributed by atoms with van der Waals surface area (Å²) >= 11 is 0. The number of benzene rings is 1. The van der Waals surface area contributed by atoms with Crippen LogP contribution in [-0.4, -0.2) is 41.2 Å². The fraction of sp³-hybridized carbons (Fsp3) is 0.429. The number of carbonyl (C=O) groups is 2. The molecule has 0 saturated carbocycles. The van der Waals surface area contributed by atoms with Gasteiger partial charge in [-0.05, 0) is 12.5 Å². The predicted molar refractivity (Wildman–Crippen MR) is 71.1 cm³/mol. The Labute approximate surface area is 120 Å². The molecule has 5 nitrogen and oxygen atoms in total. The molecular formula is C14H17F2NO4. The Morgan fingerprint density at radius 1 is 1.24 bits per heavy atom. The minimum absolute atomic E-state index is 0.404. The van der Waals surface area contributed by atoms with Crippen LogP contribution in [0.25, 0.3) is 0 Å². The van der Waals surface area contributed by atoms with Crippen LogP contribution in [0.1, 0.15) is 18.9 Å². The maximum Gasteiger partial charge on any atom is 0.314 e. The normalized spacial score (nSPS) is 14.3. The molecule has 1 aromatic rings. The molecule has 7 heteroatoms. The van der Waals surface area contributed by atoms with E-state index < -0.39 is 42.8 Å². The van der Waals surface area contributed by atoms with Crippen LogP contribution < -0.4 is 5.32 Å². The van der Waals surface area contributed by atoms with Crippen molar-refractivity contribution in [2.24, 2.45) is 0 Å². The number of nitrogens with one attached hydrogen (secondary N) is 1.